The molecule has 64 valence electrons. The summed E-state index contributed by atoms with van der Waals surface area (Å²) in [5.74, 6) is 0. The molecule has 1 rings (SSSR count). The molecule has 0 amide bonds. The van der Waals surface area contributed by atoms with E-state index in [4.69, 9.17) is 0 Å². The van der Waals surface area contributed by atoms with Crippen molar-refractivity contribution in [1.82, 2.24) is 5.32 Å². The quantitative estimate of drug-likeness (QED) is 0.612. The van der Waals surface area contributed by atoms with Crippen LogP contribution in [-0.4, -0.2) is 12.6 Å². The van der Waals surface area contributed by atoms with Gasteiger partial charge in [0.05, 0.1) is 0 Å². The molecular weight excluding hydrogens is 134 g/mol. The summed E-state index contributed by atoms with van der Waals surface area (Å²) in [5, 5.41) is 3.43. The second kappa shape index (κ2) is 4.55. The van der Waals surface area contributed by atoms with Gasteiger partial charge in [0.1, 0.15) is 0 Å². The lowest BCUT2D eigenvalue weighted by Crippen LogP contribution is -2.23. The van der Waals surface area contributed by atoms with Crippen molar-refractivity contribution in [1.29, 1.82) is 0 Å². The van der Waals surface area contributed by atoms with Gasteiger partial charge in [-0.3, -0.25) is 0 Å². The maximum absolute atomic E-state index is 3.43. The van der Waals surface area contributed by atoms with E-state index in [0.29, 0.717) is 6.04 Å². The van der Waals surface area contributed by atoms with Crippen LogP contribution in [0.15, 0.2) is 11.6 Å². The maximum atomic E-state index is 3.43. The van der Waals surface area contributed by atoms with Crippen molar-refractivity contribution >= 4 is 0 Å². The topological polar surface area (TPSA) is 12.0 Å². The molecule has 0 fully saturated rings. The molecule has 1 nitrogen and oxygen atoms in total. The summed E-state index contributed by atoms with van der Waals surface area (Å²) in [4.78, 5) is 0. The number of rotatable bonds is 4. The van der Waals surface area contributed by atoms with Gasteiger partial charge in [0, 0.05) is 6.04 Å². The van der Waals surface area contributed by atoms with E-state index in [1.165, 1.54) is 25.7 Å². The van der Waals surface area contributed by atoms with Gasteiger partial charge in [-0.25, -0.2) is 0 Å². The summed E-state index contributed by atoms with van der Waals surface area (Å²) < 4.78 is 0. The van der Waals surface area contributed by atoms with Gasteiger partial charge < -0.3 is 5.32 Å². The van der Waals surface area contributed by atoms with Crippen LogP contribution in [-0.2, 0) is 0 Å². The fraction of sp³-hybridized carbons (Fsp3) is 0.800. The molecule has 0 bridgehead atoms. The highest BCUT2D eigenvalue weighted by Gasteiger charge is 2.03. The van der Waals surface area contributed by atoms with Crippen molar-refractivity contribution in [2.24, 2.45) is 0 Å². The number of nitrogens with one attached hydrogen (secondary N) is 1. The second-order valence-electron chi connectivity index (χ2n) is 3.61. The molecule has 1 heteroatoms. The average molecular weight is 153 g/mol. The first kappa shape index (κ1) is 8.79. The van der Waals surface area contributed by atoms with Crippen LogP contribution in [0.5, 0.6) is 0 Å². The lowest BCUT2D eigenvalue weighted by atomic mass is 10.1. The fourth-order valence-electron chi connectivity index (χ4n) is 1.49. The zero-order valence-electron chi connectivity index (χ0n) is 7.69. The van der Waals surface area contributed by atoms with E-state index in [9.17, 15) is 0 Å². The van der Waals surface area contributed by atoms with E-state index in [2.05, 4.69) is 25.2 Å². The van der Waals surface area contributed by atoms with Crippen LogP contribution in [0, 0.1) is 0 Å². The molecule has 0 saturated heterocycles. The average Bonchev–Trinajstić information content (AvgIpc) is 2.39. The third kappa shape index (κ3) is 3.57. The van der Waals surface area contributed by atoms with Crippen LogP contribution < -0.4 is 5.32 Å². The Labute approximate surface area is 69.9 Å². The predicted octanol–water partition coefficient (Wildman–Crippen LogP) is 2.48. The zero-order chi connectivity index (χ0) is 8.10. The third-order valence-electron chi connectivity index (χ3n) is 2.13. The Morgan fingerprint density at radius 2 is 2.36 bits per heavy atom. The number of hydrogen-bond donors (Lipinski definition) is 1. The Morgan fingerprint density at radius 3 is 2.91 bits per heavy atom. The zero-order valence-corrected chi connectivity index (χ0v) is 7.69. The minimum Gasteiger partial charge on any atom is -0.314 e. The van der Waals surface area contributed by atoms with Crippen molar-refractivity contribution in [3.63, 3.8) is 0 Å². The standard InChI is InChI=1S/C10H19N/c1-9(2)11-8-7-10-5-3-4-6-10/h5,9,11H,3-4,6-8H2,1-2H3. The lowest BCUT2D eigenvalue weighted by molar-refractivity contribution is 0.586. The van der Waals surface area contributed by atoms with Gasteiger partial charge in [0.25, 0.3) is 0 Å². The summed E-state index contributed by atoms with van der Waals surface area (Å²) in [7, 11) is 0. The molecule has 11 heavy (non-hydrogen) atoms. The normalized spacial score (nSPS) is 17.5. The van der Waals surface area contributed by atoms with Gasteiger partial charge in [0.15, 0.2) is 0 Å². The molecule has 0 unspecified atom stereocenters. The maximum Gasteiger partial charge on any atom is 0.00105 e. The SMILES string of the molecule is CC(C)NCCC1=CCCC1. The van der Waals surface area contributed by atoms with Gasteiger partial charge in [-0.05, 0) is 32.2 Å². The van der Waals surface area contributed by atoms with Crippen LogP contribution in [0.2, 0.25) is 0 Å². The second-order valence-corrected chi connectivity index (χ2v) is 3.61. The summed E-state index contributed by atoms with van der Waals surface area (Å²) >= 11 is 0. The molecule has 0 spiro atoms. The Morgan fingerprint density at radius 1 is 1.55 bits per heavy atom. The van der Waals surface area contributed by atoms with Gasteiger partial charge in [-0.1, -0.05) is 25.5 Å². The Balaban J connectivity index is 2.03. The molecule has 1 aliphatic rings. The first-order valence-corrected chi connectivity index (χ1v) is 4.70. The third-order valence-corrected chi connectivity index (χ3v) is 2.13. The first-order valence-electron chi connectivity index (χ1n) is 4.70. The van der Waals surface area contributed by atoms with E-state index in [1.807, 2.05) is 0 Å². The molecule has 0 saturated carbocycles. The molecule has 0 aromatic carbocycles. The molecular formula is C10H19N. The van der Waals surface area contributed by atoms with Crippen LogP contribution in [0.1, 0.15) is 39.5 Å². The van der Waals surface area contributed by atoms with Gasteiger partial charge in [-0.15, -0.1) is 0 Å². The van der Waals surface area contributed by atoms with Crippen molar-refractivity contribution in [2.75, 3.05) is 6.54 Å². The van der Waals surface area contributed by atoms with Crippen molar-refractivity contribution < 1.29 is 0 Å². The monoisotopic (exact) mass is 153 g/mol. The largest absolute Gasteiger partial charge is 0.314 e. The van der Waals surface area contributed by atoms with Gasteiger partial charge in [0.2, 0.25) is 0 Å². The molecule has 0 heterocycles. The highest BCUT2D eigenvalue weighted by atomic mass is 14.9. The lowest BCUT2D eigenvalue weighted by Gasteiger charge is -2.07. The van der Waals surface area contributed by atoms with Crippen LogP contribution in [0.4, 0.5) is 0 Å². The van der Waals surface area contributed by atoms with Crippen LogP contribution in [0.3, 0.4) is 0 Å². The predicted molar refractivity (Wildman–Crippen MR) is 49.7 cm³/mol. The molecule has 0 aromatic heterocycles. The Bertz CT molecular complexity index is 136. The minimum atomic E-state index is 0.636. The fourth-order valence-corrected chi connectivity index (χ4v) is 1.49. The number of hydrogen-bond acceptors (Lipinski definition) is 1. The van der Waals surface area contributed by atoms with Crippen molar-refractivity contribution in [3.05, 3.63) is 11.6 Å². The summed E-state index contributed by atoms with van der Waals surface area (Å²) in [6.45, 7) is 5.55. The number of allylic oxidation sites excluding steroid dienone is 1. The minimum absolute atomic E-state index is 0.636. The van der Waals surface area contributed by atoms with E-state index in [0.717, 1.165) is 6.54 Å². The van der Waals surface area contributed by atoms with E-state index in [1.54, 1.807) is 5.57 Å². The van der Waals surface area contributed by atoms with Crippen molar-refractivity contribution in [3.8, 4) is 0 Å². The highest BCUT2D eigenvalue weighted by molar-refractivity contribution is 5.07. The van der Waals surface area contributed by atoms with Crippen LogP contribution in [0.25, 0.3) is 0 Å². The molecule has 1 N–H and O–H groups in total. The van der Waals surface area contributed by atoms with Gasteiger partial charge >= 0.3 is 0 Å². The van der Waals surface area contributed by atoms with Crippen molar-refractivity contribution in [2.45, 2.75) is 45.6 Å². The molecule has 0 aromatic rings. The van der Waals surface area contributed by atoms with Crippen LogP contribution >= 0.6 is 0 Å². The van der Waals surface area contributed by atoms with Gasteiger partial charge in [-0.2, -0.15) is 0 Å². The molecule has 0 atom stereocenters. The Kier molecular flexibility index (Phi) is 3.64. The summed E-state index contributed by atoms with van der Waals surface area (Å²) in [6.07, 6.45) is 7.72. The molecule has 0 aliphatic heterocycles. The molecule has 1 aliphatic carbocycles. The van der Waals surface area contributed by atoms with E-state index in [-0.39, 0.29) is 0 Å². The first-order chi connectivity index (χ1) is 5.29. The smallest absolute Gasteiger partial charge is 0.00105 e. The summed E-state index contributed by atoms with van der Waals surface area (Å²) in [6, 6.07) is 0.636. The summed E-state index contributed by atoms with van der Waals surface area (Å²) in [5.41, 5.74) is 1.66. The molecule has 0 radical (unpaired) electrons. The highest BCUT2D eigenvalue weighted by Crippen LogP contribution is 2.19. The van der Waals surface area contributed by atoms with E-state index >= 15 is 0 Å². The van der Waals surface area contributed by atoms with E-state index < -0.39 is 0 Å². The Hall–Kier alpha value is -0.300.